The number of ether oxygens (including phenoxy) is 2. The van der Waals surface area contributed by atoms with E-state index in [2.05, 4.69) is 4.98 Å². The number of carbonyl (C=O) groups excluding carboxylic acids is 1. The van der Waals surface area contributed by atoms with Crippen molar-refractivity contribution in [3.05, 3.63) is 77.9 Å². The van der Waals surface area contributed by atoms with Gasteiger partial charge in [0.1, 0.15) is 24.8 Å². The van der Waals surface area contributed by atoms with Gasteiger partial charge in [-0.2, -0.15) is 5.26 Å². The fraction of sp³-hybridized carbons (Fsp3) is 0.0952. The lowest BCUT2D eigenvalue weighted by Gasteiger charge is -2.14. The van der Waals surface area contributed by atoms with E-state index in [1.165, 1.54) is 18.3 Å². The minimum atomic E-state index is -0.735. The molecule has 0 unspecified atom stereocenters. The molecule has 0 saturated carbocycles. The Bertz CT molecular complexity index is 1030. The van der Waals surface area contributed by atoms with Crippen molar-refractivity contribution in [2.75, 3.05) is 13.2 Å². The van der Waals surface area contributed by atoms with Crippen molar-refractivity contribution in [2.24, 2.45) is 5.73 Å². The second-order valence-electron chi connectivity index (χ2n) is 5.74. The van der Waals surface area contributed by atoms with Crippen LogP contribution in [0.5, 0.6) is 11.5 Å². The number of nitrogens with zero attached hydrogens (tertiary/aromatic N) is 2. The Hall–Kier alpha value is -3.92. The van der Waals surface area contributed by atoms with Crippen LogP contribution in [-0.2, 0) is 0 Å². The summed E-state index contributed by atoms with van der Waals surface area (Å²) in [7, 11) is 0. The van der Waals surface area contributed by atoms with Crippen molar-refractivity contribution in [1.29, 1.82) is 5.26 Å². The van der Waals surface area contributed by atoms with Crippen LogP contribution < -0.4 is 15.2 Å². The number of rotatable bonds is 7. The van der Waals surface area contributed by atoms with Crippen LogP contribution in [0.25, 0.3) is 11.1 Å². The molecule has 0 fully saturated rings. The molecule has 2 aromatic carbocycles. The molecular weight excluding hydrogens is 361 g/mol. The van der Waals surface area contributed by atoms with E-state index in [4.69, 9.17) is 20.5 Å². The van der Waals surface area contributed by atoms with Crippen molar-refractivity contribution in [2.45, 2.75) is 0 Å². The summed E-state index contributed by atoms with van der Waals surface area (Å²) in [5.41, 5.74) is 7.10. The van der Waals surface area contributed by atoms with Gasteiger partial charge in [-0.1, -0.05) is 18.2 Å². The van der Waals surface area contributed by atoms with Crippen LogP contribution in [0.1, 0.15) is 16.1 Å². The van der Waals surface area contributed by atoms with Crippen LogP contribution in [0.2, 0.25) is 0 Å². The fourth-order valence-electron chi connectivity index (χ4n) is 2.59. The molecule has 6 nitrogen and oxygen atoms in total. The first-order valence-corrected chi connectivity index (χ1v) is 8.39. The van der Waals surface area contributed by atoms with Gasteiger partial charge < -0.3 is 15.2 Å². The molecule has 0 aliphatic carbocycles. The summed E-state index contributed by atoms with van der Waals surface area (Å²) in [5, 5.41) is 8.92. The van der Waals surface area contributed by atoms with Gasteiger partial charge in [0.25, 0.3) is 5.91 Å². The van der Waals surface area contributed by atoms with Crippen molar-refractivity contribution in [3.63, 3.8) is 0 Å². The summed E-state index contributed by atoms with van der Waals surface area (Å²) in [5.74, 6) is -0.372. The van der Waals surface area contributed by atoms with E-state index in [0.29, 0.717) is 22.4 Å². The Balaban J connectivity index is 1.77. The van der Waals surface area contributed by atoms with E-state index >= 15 is 0 Å². The second-order valence-corrected chi connectivity index (χ2v) is 5.74. The number of nitrogens with two attached hydrogens (primary N) is 1. The van der Waals surface area contributed by atoms with Crippen molar-refractivity contribution < 1.29 is 18.7 Å². The number of benzene rings is 2. The van der Waals surface area contributed by atoms with E-state index < -0.39 is 5.91 Å². The molecule has 0 atom stereocenters. The van der Waals surface area contributed by atoms with Gasteiger partial charge >= 0.3 is 0 Å². The van der Waals surface area contributed by atoms with Gasteiger partial charge in [-0.25, -0.2) is 9.37 Å². The maximum atomic E-state index is 13.2. The highest BCUT2D eigenvalue weighted by Crippen LogP contribution is 2.32. The zero-order valence-electron chi connectivity index (χ0n) is 14.8. The molecule has 0 saturated heterocycles. The Kier molecular flexibility index (Phi) is 5.82. The largest absolute Gasteiger partial charge is 0.490 e. The number of nitriles is 1. The molecule has 1 heterocycles. The van der Waals surface area contributed by atoms with Crippen LogP contribution in [0.15, 0.2) is 60.8 Å². The minimum absolute atomic E-state index is 0.0201. The van der Waals surface area contributed by atoms with E-state index in [0.717, 1.165) is 0 Å². The number of hydrogen-bond acceptors (Lipinski definition) is 5. The van der Waals surface area contributed by atoms with Crippen LogP contribution in [0.4, 0.5) is 4.39 Å². The van der Waals surface area contributed by atoms with Gasteiger partial charge in [-0.3, -0.25) is 4.79 Å². The van der Waals surface area contributed by atoms with Crippen LogP contribution in [0.3, 0.4) is 0 Å². The molecule has 0 aliphatic rings. The summed E-state index contributed by atoms with van der Waals surface area (Å²) in [6.45, 7) is 0.280. The third-order valence-electron chi connectivity index (χ3n) is 3.85. The smallest absolute Gasteiger partial charge is 0.271 e. The number of aromatic nitrogens is 1. The van der Waals surface area contributed by atoms with E-state index in [-0.39, 0.29) is 30.5 Å². The Labute approximate surface area is 161 Å². The minimum Gasteiger partial charge on any atom is -0.490 e. The molecule has 7 heteroatoms. The molecule has 28 heavy (non-hydrogen) atoms. The standard InChI is InChI=1S/C21H16FN3O3/c22-16-6-4-15(5-7-16)18-8-9-25-19(21(24)26)20(18)28-11-10-27-17-3-1-2-14(12-17)13-23/h1-9,12H,10-11H2,(H2,24,26). The molecule has 3 rings (SSSR count). The van der Waals surface area contributed by atoms with Gasteiger partial charge in [0, 0.05) is 11.8 Å². The molecule has 3 aromatic rings. The van der Waals surface area contributed by atoms with Crippen molar-refractivity contribution in [1.82, 2.24) is 4.98 Å². The van der Waals surface area contributed by atoms with E-state index in [1.807, 2.05) is 6.07 Å². The predicted octanol–water partition coefficient (Wildman–Crippen LogP) is 3.32. The van der Waals surface area contributed by atoms with Crippen LogP contribution in [0, 0.1) is 17.1 Å². The van der Waals surface area contributed by atoms with Gasteiger partial charge in [0.15, 0.2) is 11.4 Å². The maximum absolute atomic E-state index is 13.2. The molecule has 1 amide bonds. The summed E-state index contributed by atoms with van der Waals surface area (Å²) >= 11 is 0. The molecule has 140 valence electrons. The van der Waals surface area contributed by atoms with Crippen molar-refractivity contribution in [3.8, 4) is 28.7 Å². The molecule has 0 bridgehead atoms. The number of halogens is 1. The summed E-state index contributed by atoms with van der Waals surface area (Å²) in [6.07, 6.45) is 1.44. The molecular formula is C21H16FN3O3. The highest BCUT2D eigenvalue weighted by molar-refractivity contribution is 5.96. The third kappa shape index (κ3) is 4.43. The second kappa shape index (κ2) is 8.64. The molecule has 1 aromatic heterocycles. The lowest BCUT2D eigenvalue weighted by Crippen LogP contribution is -2.17. The normalized spacial score (nSPS) is 10.1. The number of amides is 1. The summed E-state index contributed by atoms with van der Waals surface area (Å²) in [4.78, 5) is 15.7. The number of hydrogen-bond donors (Lipinski definition) is 1. The monoisotopic (exact) mass is 377 g/mol. The van der Waals surface area contributed by atoms with Gasteiger partial charge in [-0.05, 0) is 42.0 Å². The zero-order valence-corrected chi connectivity index (χ0v) is 14.8. The summed E-state index contributed by atoms with van der Waals surface area (Å²) < 4.78 is 24.5. The maximum Gasteiger partial charge on any atom is 0.271 e. The number of carbonyl (C=O) groups is 1. The Morgan fingerprint density at radius 1 is 1.11 bits per heavy atom. The topological polar surface area (TPSA) is 98.2 Å². The van der Waals surface area contributed by atoms with Gasteiger partial charge in [0.05, 0.1) is 11.6 Å². The van der Waals surface area contributed by atoms with Crippen LogP contribution >= 0.6 is 0 Å². The molecule has 0 aliphatic heterocycles. The lowest BCUT2D eigenvalue weighted by atomic mass is 10.0. The zero-order chi connectivity index (χ0) is 19.9. The summed E-state index contributed by atoms with van der Waals surface area (Å²) in [6, 6.07) is 16.2. The average Bonchev–Trinajstić information content (AvgIpc) is 2.72. The molecule has 2 N–H and O–H groups in total. The highest BCUT2D eigenvalue weighted by Gasteiger charge is 2.17. The SMILES string of the molecule is N#Cc1cccc(OCCOc2c(-c3ccc(F)cc3)ccnc2C(N)=O)c1. The first-order valence-electron chi connectivity index (χ1n) is 8.39. The quantitative estimate of drug-likeness (QED) is 0.637. The number of pyridine rings is 1. The third-order valence-corrected chi connectivity index (χ3v) is 3.85. The average molecular weight is 377 g/mol. The first-order chi connectivity index (χ1) is 13.6. The molecule has 0 spiro atoms. The predicted molar refractivity (Wildman–Crippen MR) is 100 cm³/mol. The molecule has 0 radical (unpaired) electrons. The van der Waals surface area contributed by atoms with E-state index in [1.54, 1.807) is 42.5 Å². The fourth-order valence-corrected chi connectivity index (χ4v) is 2.59. The highest BCUT2D eigenvalue weighted by atomic mass is 19.1. The van der Waals surface area contributed by atoms with Gasteiger partial charge in [-0.15, -0.1) is 0 Å². The first kappa shape index (κ1) is 18.9. The van der Waals surface area contributed by atoms with E-state index in [9.17, 15) is 9.18 Å². The van der Waals surface area contributed by atoms with Crippen LogP contribution in [-0.4, -0.2) is 24.1 Å². The van der Waals surface area contributed by atoms with Crippen molar-refractivity contribution >= 4 is 5.91 Å². The Morgan fingerprint density at radius 3 is 2.57 bits per heavy atom. The Morgan fingerprint density at radius 2 is 1.86 bits per heavy atom. The number of primary amides is 1. The van der Waals surface area contributed by atoms with Gasteiger partial charge in [0.2, 0.25) is 0 Å². The lowest BCUT2D eigenvalue weighted by molar-refractivity contribution is 0.0990.